The summed E-state index contributed by atoms with van der Waals surface area (Å²) in [5, 5.41) is 0. The van der Waals surface area contributed by atoms with Crippen LogP contribution in [-0.4, -0.2) is 25.3 Å². The number of nitrogen functional groups attached to an aromatic ring is 1. The van der Waals surface area contributed by atoms with E-state index in [-0.39, 0.29) is 7.12 Å². The molecule has 0 spiro atoms. The second-order valence-corrected chi connectivity index (χ2v) is 2.55. The van der Waals surface area contributed by atoms with Gasteiger partial charge in [0.2, 0.25) is 0 Å². The van der Waals surface area contributed by atoms with Crippen LogP contribution in [0.25, 0.3) is 0 Å². The first-order valence-corrected chi connectivity index (χ1v) is 3.81. The number of pyridine rings is 1. The van der Waals surface area contributed by atoms with Crippen molar-refractivity contribution >= 4 is 18.4 Å². The summed E-state index contributed by atoms with van der Waals surface area (Å²) in [6.07, 6.45) is 1.68. The largest absolute Gasteiger partial charge is 0.515 e. The molecule has 1 aromatic heterocycles. The highest BCUT2D eigenvalue weighted by Crippen LogP contribution is 2.03. The van der Waals surface area contributed by atoms with Crippen molar-refractivity contribution in [3.63, 3.8) is 0 Å². The van der Waals surface area contributed by atoms with Gasteiger partial charge in [0.25, 0.3) is 0 Å². The van der Waals surface area contributed by atoms with E-state index < -0.39 is 0 Å². The van der Waals surface area contributed by atoms with Crippen molar-refractivity contribution in [2.75, 3.05) is 18.9 Å². The van der Waals surface area contributed by atoms with E-state index in [0.29, 0.717) is 24.5 Å². The molecule has 4 nitrogen and oxygen atoms in total. The Balaban J connectivity index is 2.26. The lowest BCUT2D eigenvalue weighted by atomic mass is 9.83. The van der Waals surface area contributed by atoms with Crippen LogP contribution in [0.4, 0.5) is 5.69 Å². The Kier molecular flexibility index (Phi) is 1.97. The van der Waals surface area contributed by atoms with Gasteiger partial charge in [0.05, 0.1) is 18.8 Å². The van der Waals surface area contributed by atoms with Crippen LogP contribution in [0.1, 0.15) is 0 Å². The van der Waals surface area contributed by atoms with E-state index in [0.717, 1.165) is 0 Å². The summed E-state index contributed by atoms with van der Waals surface area (Å²) in [6, 6.07) is 3.57. The first-order chi connectivity index (χ1) is 5.88. The molecule has 0 aliphatic carbocycles. The van der Waals surface area contributed by atoms with Crippen LogP contribution in [0.2, 0.25) is 0 Å². The molecule has 2 N–H and O–H groups in total. The molecule has 0 bridgehead atoms. The van der Waals surface area contributed by atoms with Gasteiger partial charge < -0.3 is 15.0 Å². The van der Waals surface area contributed by atoms with Gasteiger partial charge in [-0.2, -0.15) is 0 Å². The monoisotopic (exact) mass is 164 g/mol. The first kappa shape index (κ1) is 7.58. The average molecular weight is 164 g/mol. The zero-order valence-electron chi connectivity index (χ0n) is 6.56. The Labute approximate surface area is 70.8 Å². The molecule has 1 fully saturated rings. The molecule has 1 aliphatic rings. The van der Waals surface area contributed by atoms with Gasteiger partial charge in [-0.05, 0) is 12.1 Å². The van der Waals surface area contributed by atoms with Gasteiger partial charge in [-0.25, -0.2) is 0 Å². The standard InChI is InChI=1S/C7H9BN2O2/c9-6-2-1-3-10-7(6)8-11-4-5-12-8/h1-3H,4-5,9H2. The Morgan fingerprint density at radius 2 is 2.17 bits per heavy atom. The fourth-order valence-electron chi connectivity index (χ4n) is 1.14. The number of anilines is 1. The van der Waals surface area contributed by atoms with Crippen LogP contribution < -0.4 is 11.3 Å². The van der Waals surface area contributed by atoms with Crippen molar-refractivity contribution in [2.45, 2.75) is 0 Å². The van der Waals surface area contributed by atoms with Gasteiger partial charge in [0.1, 0.15) is 0 Å². The van der Waals surface area contributed by atoms with Crippen LogP contribution >= 0.6 is 0 Å². The van der Waals surface area contributed by atoms with Crippen LogP contribution in [0.5, 0.6) is 0 Å². The van der Waals surface area contributed by atoms with Gasteiger partial charge in [-0.3, -0.25) is 4.98 Å². The van der Waals surface area contributed by atoms with E-state index in [9.17, 15) is 0 Å². The Hall–Kier alpha value is -1.07. The second-order valence-electron chi connectivity index (χ2n) is 2.55. The fourth-order valence-corrected chi connectivity index (χ4v) is 1.14. The molecule has 62 valence electrons. The predicted octanol–water partition coefficient (Wildman–Crippen LogP) is -0.594. The minimum absolute atomic E-state index is 0.369. The van der Waals surface area contributed by atoms with Gasteiger partial charge in [0, 0.05) is 11.9 Å². The van der Waals surface area contributed by atoms with E-state index >= 15 is 0 Å². The number of hydrogen-bond donors (Lipinski definition) is 1. The number of nitrogens with two attached hydrogens (primary N) is 1. The van der Waals surface area contributed by atoms with E-state index in [1.807, 2.05) is 0 Å². The maximum Gasteiger partial charge on any atom is 0.515 e. The van der Waals surface area contributed by atoms with E-state index in [4.69, 9.17) is 15.0 Å². The van der Waals surface area contributed by atoms with Gasteiger partial charge in [0.15, 0.2) is 0 Å². The quantitative estimate of drug-likeness (QED) is 0.563. The summed E-state index contributed by atoms with van der Waals surface area (Å²) in [5.41, 5.74) is 6.97. The third-order valence-electron chi connectivity index (χ3n) is 1.72. The third kappa shape index (κ3) is 1.28. The molecule has 2 rings (SSSR count). The summed E-state index contributed by atoms with van der Waals surface area (Å²) in [5.74, 6) is 0. The predicted molar refractivity (Wildman–Crippen MR) is 45.9 cm³/mol. The van der Waals surface area contributed by atoms with E-state index in [1.54, 1.807) is 18.3 Å². The lowest BCUT2D eigenvalue weighted by Crippen LogP contribution is -2.36. The third-order valence-corrected chi connectivity index (χ3v) is 1.72. The summed E-state index contributed by atoms with van der Waals surface area (Å²) < 4.78 is 10.5. The topological polar surface area (TPSA) is 57.4 Å². The van der Waals surface area contributed by atoms with Crippen molar-refractivity contribution in [1.82, 2.24) is 4.98 Å². The summed E-state index contributed by atoms with van der Waals surface area (Å²) in [4.78, 5) is 4.09. The Morgan fingerprint density at radius 1 is 1.42 bits per heavy atom. The van der Waals surface area contributed by atoms with Gasteiger partial charge in [-0.15, -0.1) is 0 Å². The molecule has 0 atom stereocenters. The molecule has 5 heteroatoms. The van der Waals surface area contributed by atoms with Crippen molar-refractivity contribution in [2.24, 2.45) is 0 Å². The summed E-state index contributed by atoms with van der Waals surface area (Å²) in [6.45, 7) is 1.22. The number of rotatable bonds is 1. The van der Waals surface area contributed by atoms with Crippen molar-refractivity contribution in [3.8, 4) is 0 Å². The maximum absolute atomic E-state index is 5.68. The van der Waals surface area contributed by atoms with E-state index in [2.05, 4.69) is 4.98 Å². The van der Waals surface area contributed by atoms with Crippen LogP contribution in [-0.2, 0) is 9.31 Å². The zero-order chi connectivity index (χ0) is 8.39. The molecule has 1 aliphatic heterocycles. The molecule has 1 saturated heterocycles. The highest BCUT2D eigenvalue weighted by atomic mass is 16.6. The SMILES string of the molecule is Nc1cccnc1B1OCCO1. The number of aromatic nitrogens is 1. The molecule has 0 radical (unpaired) electrons. The second kappa shape index (κ2) is 3.12. The molecular formula is C7H9BN2O2. The van der Waals surface area contributed by atoms with Crippen LogP contribution in [0.3, 0.4) is 0 Å². The fraction of sp³-hybridized carbons (Fsp3) is 0.286. The van der Waals surface area contributed by atoms with Crippen molar-refractivity contribution in [3.05, 3.63) is 18.3 Å². The Morgan fingerprint density at radius 3 is 2.83 bits per heavy atom. The highest BCUT2D eigenvalue weighted by molar-refractivity contribution is 6.62. The molecule has 0 aromatic carbocycles. The zero-order valence-corrected chi connectivity index (χ0v) is 6.56. The molecular weight excluding hydrogens is 155 g/mol. The Bertz CT molecular complexity index is 276. The van der Waals surface area contributed by atoms with Crippen molar-refractivity contribution < 1.29 is 9.31 Å². The van der Waals surface area contributed by atoms with Gasteiger partial charge in [-0.1, -0.05) is 0 Å². The van der Waals surface area contributed by atoms with Crippen molar-refractivity contribution in [1.29, 1.82) is 0 Å². The maximum atomic E-state index is 5.68. The normalized spacial score (nSPS) is 16.8. The molecule has 0 amide bonds. The number of nitrogens with zero attached hydrogens (tertiary/aromatic N) is 1. The molecule has 1 aromatic rings. The van der Waals surface area contributed by atoms with E-state index in [1.165, 1.54) is 0 Å². The van der Waals surface area contributed by atoms with Gasteiger partial charge >= 0.3 is 7.12 Å². The molecule has 0 saturated carbocycles. The lowest BCUT2D eigenvalue weighted by molar-refractivity contribution is 0.365. The molecule has 12 heavy (non-hydrogen) atoms. The minimum atomic E-state index is -0.369. The first-order valence-electron chi connectivity index (χ1n) is 3.81. The average Bonchev–Trinajstić information content (AvgIpc) is 2.57. The van der Waals surface area contributed by atoms with Crippen LogP contribution in [0, 0.1) is 0 Å². The smallest absolute Gasteiger partial charge is 0.404 e. The summed E-state index contributed by atoms with van der Waals surface area (Å²) in [7, 11) is -0.369. The molecule has 0 unspecified atom stereocenters. The minimum Gasteiger partial charge on any atom is -0.404 e. The number of hydrogen-bond acceptors (Lipinski definition) is 4. The lowest BCUT2D eigenvalue weighted by Gasteiger charge is -2.04. The molecule has 2 heterocycles. The highest BCUT2D eigenvalue weighted by Gasteiger charge is 2.29. The summed E-state index contributed by atoms with van der Waals surface area (Å²) >= 11 is 0. The van der Waals surface area contributed by atoms with Crippen LogP contribution in [0.15, 0.2) is 18.3 Å².